The number of hydrogen-bond donors (Lipinski definition) is 2. The topological polar surface area (TPSA) is 54.3 Å². The molecule has 3 aromatic rings. The number of anilines is 1. The first-order chi connectivity index (χ1) is 11.2. The summed E-state index contributed by atoms with van der Waals surface area (Å²) in [7, 11) is 0. The quantitative estimate of drug-likeness (QED) is 0.542. The molecule has 0 aliphatic rings. The van der Waals surface area contributed by atoms with Crippen LogP contribution in [0.5, 0.6) is 0 Å². The summed E-state index contributed by atoms with van der Waals surface area (Å²) in [5.74, 6) is 0. The minimum Gasteiger partial charge on any atom is -0.423 e. The van der Waals surface area contributed by atoms with Crippen molar-refractivity contribution in [1.82, 2.24) is 5.32 Å². The molecule has 0 aliphatic heterocycles. The highest BCUT2D eigenvalue weighted by molar-refractivity contribution is 5.76. The average molecular weight is 308 g/mol. The molecule has 1 aromatic heterocycles. The first-order valence-corrected chi connectivity index (χ1v) is 7.75. The van der Waals surface area contributed by atoms with E-state index in [0.29, 0.717) is 5.58 Å². The molecule has 4 heteroatoms. The average Bonchev–Trinajstić information content (AvgIpc) is 2.56. The molecule has 0 amide bonds. The van der Waals surface area contributed by atoms with Crippen molar-refractivity contribution in [3.05, 3.63) is 76.1 Å². The molecule has 4 nitrogen and oxygen atoms in total. The van der Waals surface area contributed by atoms with Crippen molar-refractivity contribution in [2.45, 2.75) is 13.5 Å². The fourth-order valence-electron chi connectivity index (χ4n) is 2.43. The molecule has 1 heterocycles. The van der Waals surface area contributed by atoms with E-state index in [1.165, 1.54) is 17.2 Å². The van der Waals surface area contributed by atoms with E-state index in [-0.39, 0.29) is 5.63 Å². The highest BCUT2D eigenvalue weighted by Crippen LogP contribution is 2.13. The van der Waals surface area contributed by atoms with Crippen LogP contribution < -0.4 is 16.3 Å². The molecule has 0 saturated carbocycles. The maximum atomic E-state index is 11.2. The van der Waals surface area contributed by atoms with E-state index in [0.717, 1.165) is 30.7 Å². The minimum absolute atomic E-state index is 0.314. The maximum Gasteiger partial charge on any atom is 0.336 e. The molecular weight excluding hydrogens is 288 g/mol. The van der Waals surface area contributed by atoms with Crippen molar-refractivity contribution >= 4 is 16.7 Å². The third-order valence-corrected chi connectivity index (χ3v) is 3.70. The minimum atomic E-state index is -0.314. The zero-order valence-electron chi connectivity index (χ0n) is 13.1. The molecule has 0 atom stereocenters. The zero-order chi connectivity index (χ0) is 16.1. The van der Waals surface area contributed by atoms with Crippen LogP contribution in [0.15, 0.2) is 63.8 Å². The van der Waals surface area contributed by atoms with E-state index in [1.54, 1.807) is 6.07 Å². The summed E-state index contributed by atoms with van der Waals surface area (Å²) in [4.78, 5) is 11.2. The Labute approximate surface area is 135 Å². The lowest BCUT2D eigenvalue weighted by Crippen LogP contribution is -2.21. The Morgan fingerprint density at radius 3 is 2.61 bits per heavy atom. The van der Waals surface area contributed by atoms with Crippen molar-refractivity contribution in [3.63, 3.8) is 0 Å². The molecule has 2 aromatic carbocycles. The SMILES string of the molecule is Cc1ccc(NCCNCc2ccc3oc(=O)ccc3c2)cc1. The molecule has 0 saturated heterocycles. The Bertz CT molecular complexity index is 838. The van der Waals surface area contributed by atoms with Gasteiger partial charge in [-0.1, -0.05) is 23.8 Å². The highest BCUT2D eigenvalue weighted by atomic mass is 16.4. The number of fused-ring (bicyclic) bond motifs is 1. The van der Waals surface area contributed by atoms with Gasteiger partial charge in [0, 0.05) is 36.8 Å². The number of benzene rings is 2. The molecule has 0 aliphatic carbocycles. The Kier molecular flexibility index (Phi) is 4.74. The predicted octanol–water partition coefficient (Wildman–Crippen LogP) is 3.30. The Balaban J connectivity index is 1.48. The van der Waals surface area contributed by atoms with Crippen LogP contribution in [0.2, 0.25) is 0 Å². The third kappa shape index (κ3) is 4.20. The van der Waals surface area contributed by atoms with Gasteiger partial charge in [-0.15, -0.1) is 0 Å². The second-order valence-electron chi connectivity index (χ2n) is 5.60. The molecular formula is C19H20N2O2. The van der Waals surface area contributed by atoms with Gasteiger partial charge in [0.2, 0.25) is 0 Å². The van der Waals surface area contributed by atoms with E-state index in [1.807, 2.05) is 18.2 Å². The predicted molar refractivity (Wildman–Crippen MR) is 93.9 cm³/mol. The molecule has 2 N–H and O–H groups in total. The van der Waals surface area contributed by atoms with E-state index >= 15 is 0 Å². The Morgan fingerprint density at radius 2 is 1.78 bits per heavy atom. The summed E-state index contributed by atoms with van der Waals surface area (Å²) in [5, 5.41) is 7.73. The summed E-state index contributed by atoms with van der Waals surface area (Å²) in [6.07, 6.45) is 0. The number of aryl methyl sites for hydroxylation is 1. The summed E-state index contributed by atoms with van der Waals surface area (Å²) in [6.45, 7) is 4.60. The third-order valence-electron chi connectivity index (χ3n) is 3.70. The van der Waals surface area contributed by atoms with Crippen LogP contribution in [0, 0.1) is 6.92 Å². The van der Waals surface area contributed by atoms with E-state index in [4.69, 9.17) is 4.42 Å². The molecule has 0 unspecified atom stereocenters. The van der Waals surface area contributed by atoms with Gasteiger partial charge in [0.15, 0.2) is 0 Å². The van der Waals surface area contributed by atoms with Gasteiger partial charge in [0.25, 0.3) is 0 Å². The molecule has 3 rings (SSSR count). The molecule has 0 bridgehead atoms. The first kappa shape index (κ1) is 15.3. The maximum absolute atomic E-state index is 11.2. The van der Waals surface area contributed by atoms with Crippen molar-refractivity contribution in [2.75, 3.05) is 18.4 Å². The van der Waals surface area contributed by atoms with E-state index < -0.39 is 0 Å². The normalized spacial score (nSPS) is 10.8. The molecule has 23 heavy (non-hydrogen) atoms. The van der Waals surface area contributed by atoms with Crippen molar-refractivity contribution in [2.24, 2.45) is 0 Å². The molecule has 0 radical (unpaired) electrons. The zero-order valence-corrected chi connectivity index (χ0v) is 13.1. The Hall–Kier alpha value is -2.59. The van der Waals surface area contributed by atoms with Crippen LogP contribution in [0.3, 0.4) is 0 Å². The van der Waals surface area contributed by atoms with Gasteiger partial charge in [-0.25, -0.2) is 4.79 Å². The van der Waals surface area contributed by atoms with Gasteiger partial charge in [0.1, 0.15) is 5.58 Å². The monoisotopic (exact) mass is 308 g/mol. The Morgan fingerprint density at radius 1 is 0.957 bits per heavy atom. The molecule has 0 fully saturated rings. The van der Waals surface area contributed by atoms with Crippen molar-refractivity contribution in [3.8, 4) is 0 Å². The summed E-state index contributed by atoms with van der Waals surface area (Å²) in [6, 6.07) is 17.5. The van der Waals surface area contributed by atoms with E-state index in [9.17, 15) is 4.79 Å². The summed E-state index contributed by atoms with van der Waals surface area (Å²) in [5.41, 5.74) is 3.88. The standard InChI is InChI=1S/C19H20N2O2/c1-14-2-6-17(7-3-14)21-11-10-20-13-15-4-8-18-16(12-15)5-9-19(22)23-18/h2-9,12,20-21H,10-11,13H2,1H3. The number of hydrogen-bond acceptors (Lipinski definition) is 4. The lowest BCUT2D eigenvalue weighted by atomic mass is 10.1. The largest absolute Gasteiger partial charge is 0.423 e. The number of nitrogens with one attached hydrogen (secondary N) is 2. The van der Waals surface area contributed by atoms with Crippen LogP contribution in [-0.4, -0.2) is 13.1 Å². The fourth-order valence-corrected chi connectivity index (χ4v) is 2.43. The first-order valence-electron chi connectivity index (χ1n) is 7.75. The van der Waals surface area contributed by atoms with Crippen LogP contribution >= 0.6 is 0 Å². The van der Waals surface area contributed by atoms with Gasteiger partial charge >= 0.3 is 5.63 Å². The smallest absolute Gasteiger partial charge is 0.336 e. The summed E-state index contributed by atoms with van der Waals surface area (Å²) >= 11 is 0. The van der Waals surface area contributed by atoms with Gasteiger partial charge in [-0.2, -0.15) is 0 Å². The van der Waals surface area contributed by atoms with Gasteiger partial charge < -0.3 is 15.1 Å². The van der Waals surface area contributed by atoms with Crippen LogP contribution in [0.4, 0.5) is 5.69 Å². The number of rotatable bonds is 6. The lowest BCUT2D eigenvalue weighted by molar-refractivity contribution is 0.561. The molecule has 0 spiro atoms. The van der Waals surface area contributed by atoms with Crippen molar-refractivity contribution in [1.29, 1.82) is 0 Å². The molecule has 118 valence electrons. The summed E-state index contributed by atoms with van der Waals surface area (Å²) < 4.78 is 5.13. The van der Waals surface area contributed by atoms with Crippen LogP contribution in [-0.2, 0) is 6.54 Å². The van der Waals surface area contributed by atoms with Crippen LogP contribution in [0.25, 0.3) is 11.0 Å². The van der Waals surface area contributed by atoms with Crippen molar-refractivity contribution < 1.29 is 4.42 Å². The second kappa shape index (κ2) is 7.11. The highest BCUT2D eigenvalue weighted by Gasteiger charge is 1.99. The fraction of sp³-hybridized carbons (Fsp3) is 0.211. The second-order valence-corrected chi connectivity index (χ2v) is 5.60. The van der Waals surface area contributed by atoms with Gasteiger partial charge in [0.05, 0.1) is 0 Å². The lowest BCUT2D eigenvalue weighted by Gasteiger charge is -2.08. The van der Waals surface area contributed by atoms with Crippen LogP contribution in [0.1, 0.15) is 11.1 Å². The van der Waals surface area contributed by atoms with E-state index in [2.05, 4.69) is 41.8 Å². The van der Waals surface area contributed by atoms with Gasteiger partial charge in [-0.05, 0) is 42.8 Å². The van der Waals surface area contributed by atoms with Gasteiger partial charge in [-0.3, -0.25) is 0 Å².